The van der Waals surface area contributed by atoms with Gasteiger partial charge in [0.25, 0.3) is 0 Å². The number of carbonyl (C=O) groups excluding carboxylic acids is 2. The minimum atomic E-state index is -0.696. The van der Waals surface area contributed by atoms with Crippen LogP contribution in [0.3, 0.4) is 0 Å². The molecule has 160 valence electrons. The molecule has 2 aromatic rings. The SMILES string of the molecule is CCOc1ccccc1NC(=O)C(=O)NCCc1ccc(N2CCCCCC2)cc1. The summed E-state index contributed by atoms with van der Waals surface area (Å²) >= 11 is 0. The Morgan fingerprint density at radius 3 is 2.33 bits per heavy atom. The molecule has 1 fully saturated rings. The average molecular weight is 410 g/mol. The van der Waals surface area contributed by atoms with Crippen molar-refractivity contribution in [2.45, 2.75) is 39.0 Å². The van der Waals surface area contributed by atoms with Crippen LogP contribution in [-0.4, -0.2) is 38.1 Å². The summed E-state index contributed by atoms with van der Waals surface area (Å²) in [5.41, 5.74) is 2.89. The quantitative estimate of drug-likeness (QED) is 0.683. The van der Waals surface area contributed by atoms with Crippen LogP contribution >= 0.6 is 0 Å². The molecule has 30 heavy (non-hydrogen) atoms. The van der Waals surface area contributed by atoms with Crippen molar-refractivity contribution in [1.29, 1.82) is 0 Å². The second-order valence-electron chi connectivity index (χ2n) is 7.46. The van der Waals surface area contributed by atoms with Gasteiger partial charge in [-0.25, -0.2) is 0 Å². The molecule has 6 heteroatoms. The Kier molecular flexibility index (Phi) is 8.12. The van der Waals surface area contributed by atoms with E-state index in [4.69, 9.17) is 4.74 Å². The fraction of sp³-hybridized carbons (Fsp3) is 0.417. The molecule has 0 unspecified atom stereocenters. The topological polar surface area (TPSA) is 70.7 Å². The molecule has 2 amide bonds. The molecule has 2 aromatic carbocycles. The first-order valence-corrected chi connectivity index (χ1v) is 10.8. The molecule has 0 spiro atoms. The highest BCUT2D eigenvalue weighted by Gasteiger charge is 2.15. The summed E-state index contributed by atoms with van der Waals surface area (Å²) in [6.45, 7) is 5.00. The lowest BCUT2D eigenvalue weighted by Crippen LogP contribution is -2.36. The Balaban J connectivity index is 1.45. The van der Waals surface area contributed by atoms with E-state index in [0.29, 0.717) is 31.0 Å². The fourth-order valence-electron chi connectivity index (χ4n) is 3.63. The van der Waals surface area contributed by atoms with Gasteiger partial charge in [0.15, 0.2) is 0 Å². The Morgan fingerprint density at radius 2 is 1.63 bits per heavy atom. The lowest BCUT2D eigenvalue weighted by Gasteiger charge is -2.22. The molecule has 1 aliphatic heterocycles. The summed E-state index contributed by atoms with van der Waals surface area (Å²) in [5.74, 6) is -0.799. The Morgan fingerprint density at radius 1 is 0.933 bits per heavy atom. The van der Waals surface area contributed by atoms with Crippen molar-refractivity contribution in [3.05, 3.63) is 54.1 Å². The monoisotopic (exact) mass is 409 g/mol. The van der Waals surface area contributed by atoms with Crippen molar-refractivity contribution in [1.82, 2.24) is 5.32 Å². The zero-order chi connectivity index (χ0) is 21.2. The van der Waals surface area contributed by atoms with Gasteiger partial charge in [0, 0.05) is 25.3 Å². The van der Waals surface area contributed by atoms with Crippen LogP contribution < -0.4 is 20.3 Å². The van der Waals surface area contributed by atoms with Crippen LogP contribution in [0.4, 0.5) is 11.4 Å². The number of hydrogen-bond donors (Lipinski definition) is 2. The summed E-state index contributed by atoms with van der Waals surface area (Å²) < 4.78 is 5.47. The van der Waals surface area contributed by atoms with Crippen LogP contribution in [0.1, 0.15) is 38.2 Å². The zero-order valence-electron chi connectivity index (χ0n) is 17.7. The molecule has 0 atom stereocenters. The largest absolute Gasteiger partial charge is 0.492 e. The van der Waals surface area contributed by atoms with E-state index in [-0.39, 0.29) is 0 Å². The Hall–Kier alpha value is -3.02. The van der Waals surface area contributed by atoms with E-state index in [0.717, 1.165) is 18.7 Å². The van der Waals surface area contributed by atoms with Crippen molar-refractivity contribution in [2.24, 2.45) is 0 Å². The first-order valence-electron chi connectivity index (χ1n) is 10.8. The number of hydrogen-bond acceptors (Lipinski definition) is 4. The molecule has 0 bridgehead atoms. The lowest BCUT2D eigenvalue weighted by atomic mass is 10.1. The van der Waals surface area contributed by atoms with Crippen molar-refractivity contribution in [3.8, 4) is 5.75 Å². The van der Waals surface area contributed by atoms with Gasteiger partial charge < -0.3 is 20.3 Å². The van der Waals surface area contributed by atoms with Gasteiger partial charge >= 0.3 is 11.8 Å². The van der Waals surface area contributed by atoms with E-state index < -0.39 is 11.8 Å². The highest BCUT2D eigenvalue weighted by Crippen LogP contribution is 2.23. The molecule has 0 aromatic heterocycles. The van der Waals surface area contributed by atoms with Crippen LogP contribution in [0.5, 0.6) is 5.75 Å². The molecule has 1 aliphatic rings. The third-order valence-corrected chi connectivity index (χ3v) is 5.25. The number of nitrogens with zero attached hydrogens (tertiary/aromatic N) is 1. The van der Waals surface area contributed by atoms with Crippen LogP contribution in [0.25, 0.3) is 0 Å². The van der Waals surface area contributed by atoms with E-state index in [1.807, 2.05) is 13.0 Å². The van der Waals surface area contributed by atoms with Crippen LogP contribution in [-0.2, 0) is 16.0 Å². The number of para-hydroxylation sites is 2. The molecule has 0 aliphatic carbocycles. The molecule has 3 rings (SSSR count). The van der Waals surface area contributed by atoms with E-state index in [2.05, 4.69) is 39.8 Å². The normalized spacial score (nSPS) is 14.0. The second-order valence-corrected chi connectivity index (χ2v) is 7.46. The van der Waals surface area contributed by atoms with E-state index in [1.165, 1.54) is 31.4 Å². The number of amides is 2. The number of carbonyl (C=O) groups is 2. The van der Waals surface area contributed by atoms with Gasteiger partial charge in [-0.15, -0.1) is 0 Å². The molecule has 1 heterocycles. The Bertz CT molecular complexity index is 828. The van der Waals surface area contributed by atoms with Crippen molar-refractivity contribution < 1.29 is 14.3 Å². The van der Waals surface area contributed by atoms with Gasteiger partial charge in [-0.3, -0.25) is 9.59 Å². The van der Waals surface area contributed by atoms with Crippen molar-refractivity contribution in [3.63, 3.8) is 0 Å². The van der Waals surface area contributed by atoms with Gasteiger partial charge in [-0.2, -0.15) is 0 Å². The highest BCUT2D eigenvalue weighted by molar-refractivity contribution is 6.39. The lowest BCUT2D eigenvalue weighted by molar-refractivity contribution is -0.136. The summed E-state index contributed by atoms with van der Waals surface area (Å²) in [5, 5.41) is 5.30. The standard InChI is InChI=1S/C24H31N3O3/c1-2-30-22-10-6-5-9-21(22)26-24(29)23(28)25-16-15-19-11-13-20(14-12-19)27-17-7-3-4-8-18-27/h5-6,9-14H,2-4,7-8,15-18H2,1H3,(H,25,28)(H,26,29). The maximum atomic E-state index is 12.2. The maximum Gasteiger partial charge on any atom is 0.313 e. The number of anilines is 2. The molecule has 6 nitrogen and oxygen atoms in total. The summed E-state index contributed by atoms with van der Waals surface area (Å²) in [7, 11) is 0. The van der Waals surface area contributed by atoms with E-state index in [9.17, 15) is 9.59 Å². The predicted molar refractivity (Wildman–Crippen MR) is 120 cm³/mol. The van der Waals surface area contributed by atoms with Crippen LogP contribution in [0.2, 0.25) is 0 Å². The Labute approximate surface area is 178 Å². The first-order chi connectivity index (χ1) is 14.7. The van der Waals surface area contributed by atoms with E-state index in [1.54, 1.807) is 18.2 Å². The van der Waals surface area contributed by atoms with Gasteiger partial charge in [0.2, 0.25) is 0 Å². The fourth-order valence-corrected chi connectivity index (χ4v) is 3.63. The third-order valence-electron chi connectivity index (χ3n) is 5.25. The summed E-state index contributed by atoms with van der Waals surface area (Å²) in [6, 6.07) is 15.6. The molecular formula is C24H31N3O3. The first kappa shape index (κ1) is 21.7. The smallest absolute Gasteiger partial charge is 0.313 e. The number of benzene rings is 2. The maximum absolute atomic E-state index is 12.2. The third kappa shape index (κ3) is 6.24. The van der Waals surface area contributed by atoms with E-state index >= 15 is 0 Å². The molecule has 0 saturated carbocycles. The average Bonchev–Trinajstić information content (AvgIpc) is 3.05. The minimum Gasteiger partial charge on any atom is -0.492 e. The molecule has 1 saturated heterocycles. The van der Waals surface area contributed by atoms with Gasteiger partial charge in [0.05, 0.1) is 12.3 Å². The van der Waals surface area contributed by atoms with Crippen LogP contribution in [0, 0.1) is 0 Å². The molecule has 2 N–H and O–H groups in total. The second kappa shape index (κ2) is 11.2. The van der Waals surface area contributed by atoms with Crippen molar-refractivity contribution >= 4 is 23.2 Å². The van der Waals surface area contributed by atoms with Crippen molar-refractivity contribution in [2.75, 3.05) is 36.5 Å². The highest BCUT2D eigenvalue weighted by atomic mass is 16.5. The summed E-state index contributed by atoms with van der Waals surface area (Å²) in [4.78, 5) is 26.8. The van der Waals surface area contributed by atoms with Gasteiger partial charge in [0.1, 0.15) is 5.75 Å². The molecular weight excluding hydrogens is 378 g/mol. The number of ether oxygens (including phenoxy) is 1. The number of nitrogens with one attached hydrogen (secondary N) is 2. The predicted octanol–water partition coefficient (Wildman–Crippen LogP) is 3.76. The number of rotatable bonds is 7. The van der Waals surface area contributed by atoms with Crippen LogP contribution in [0.15, 0.2) is 48.5 Å². The zero-order valence-corrected chi connectivity index (χ0v) is 17.7. The summed E-state index contributed by atoms with van der Waals surface area (Å²) in [6.07, 6.45) is 5.82. The van der Waals surface area contributed by atoms with Gasteiger partial charge in [-0.1, -0.05) is 37.1 Å². The molecule has 0 radical (unpaired) electrons. The van der Waals surface area contributed by atoms with Gasteiger partial charge in [-0.05, 0) is 56.0 Å². The minimum absolute atomic E-state index is 0.405.